The molecule has 0 radical (unpaired) electrons. The normalized spacial score (nSPS) is 30.6. The van der Waals surface area contributed by atoms with Crippen molar-refractivity contribution in [1.82, 2.24) is 5.32 Å². The van der Waals surface area contributed by atoms with Crippen molar-refractivity contribution in [3.63, 3.8) is 0 Å². The van der Waals surface area contributed by atoms with Crippen LogP contribution in [0.2, 0.25) is 0 Å². The summed E-state index contributed by atoms with van der Waals surface area (Å²) in [6.07, 6.45) is 2.40. The molecule has 2 fully saturated rings. The van der Waals surface area contributed by atoms with Crippen LogP contribution in [0.4, 0.5) is 0 Å². The zero-order chi connectivity index (χ0) is 16.6. The van der Waals surface area contributed by atoms with Gasteiger partial charge in [0.1, 0.15) is 0 Å². The van der Waals surface area contributed by atoms with Crippen molar-refractivity contribution in [2.45, 2.75) is 50.2 Å². The van der Waals surface area contributed by atoms with E-state index in [0.717, 1.165) is 19.4 Å². The zero-order valence-electron chi connectivity index (χ0n) is 14.0. The summed E-state index contributed by atoms with van der Waals surface area (Å²) in [7, 11) is -2.92. The Morgan fingerprint density at radius 2 is 2.04 bits per heavy atom. The molecule has 2 unspecified atom stereocenters. The minimum Gasteiger partial charge on any atom is -0.374 e. The summed E-state index contributed by atoms with van der Waals surface area (Å²) in [6.45, 7) is 6.01. The van der Waals surface area contributed by atoms with E-state index in [1.165, 1.54) is 5.56 Å². The molecule has 4 nitrogen and oxygen atoms in total. The van der Waals surface area contributed by atoms with Crippen molar-refractivity contribution in [3.05, 3.63) is 35.9 Å². The van der Waals surface area contributed by atoms with Crippen molar-refractivity contribution >= 4 is 9.84 Å². The van der Waals surface area contributed by atoms with Gasteiger partial charge in [-0.25, -0.2) is 8.42 Å². The first-order valence-corrected chi connectivity index (χ1v) is 10.3. The molecule has 2 atom stereocenters. The Balaban J connectivity index is 1.60. The second kappa shape index (κ2) is 6.19. The standard InChI is InChI=1S/C18H27NO3S/c1-17(2,15-6-4-3-5-7-15)13-19-16-8-10-22-18(12-16)9-11-23(20,21)14-18/h3-7,16,19H,8-14H2,1-2H3. The number of nitrogens with one attached hydrogen (secondary N) is 1. The van der Waals surface area contributed by atoms with Gasteiger partial charge in [-0.15, -0.1) is 0 Å². The molecule has 2 aliphatic heterocycles. The lowest BCUT2D eigenvalue weighted by molar-refractivity contribution is -0.0707. The third-order valence-corrected chi connectivity index (χ3v) is 7.02. The minimum absolute atomic E-state index is 0.0501. The smallest absolute Gasteiger partial charge is 0.153 e. The summed E-state index contributed by atoms with van der Waals surface area (Å²) in [4.78, 5) is 0. The van der Waals surface area contributed by atoms with Crippen LogP contribution in [0.1, 0.15) is 38.7 Å². The van der Waals surface area contributed by atoms with Gasteiger partial charge in [0.15, 0.2) is 9.84 Å². The summed E-state index contributed by atoms with van der Waals surface area (Å²) in [5.41, 5.74) is 0.929. The molecule has 0 aromatic heterocycles. The van der Waals surface area contributed by atoms with Crippen molar-refractivity contribution in [2.75, 3.05) is 24.7 Å². The van der Waals surface area contributed by atoms with Crippen molar-refractivity contribution in [1.29, 1.82) is 0 Å². The lowest BCUT2D eigenvalue weighted by Crippen LogP contribution is -2.50. The Hall–Kier alpha value is -0.910. The molecule has 5 heteroatoms. The fourth-order valence-corrected chi connectivity index (χ4v) is 5.73. The lowest BCUT2D eigenvalue weighted by atomic mass is 9.83. The van der Waals surface area contributed by atoms with E-state index in [1.807, 2.05) is 6.07 Å². The zero-order valence-corrected chi connectivity index (χ0v) is 14.9. The molecule has 0 saturated carbocycles. The van der Waals surface area contributed by atoms with E-state index in [4.69, 9.17) is 4.74 Å². The van der Waals surface area contributed by atoms with E-state index in [2.05, 4.69) is 43.4 Å². The highest BCUT2D eigenvalue weighted by Crippen LogP contribution is 2.35. The molecule has 2 saturated heterocycles. The van der Waals surface area contributed by atoms with Gasteiger partial charge in [0.2, 0.25) is 0 Å². The van der Waals surface area contributed by atoms with Crippen LogP contribution < -0.4 is 5.32 Å². The third kappa shape index (κ3) is 3.95. The molecule has 0 aliphatic carbocycles. The molecule has 1 spiro atoms. The molecule has 1 N–H and O–H groups in total. The van der Waals surface area contributed by atoms with E-state index in [-0.39, 0.29) is 16.9 Å². The minimum atomic E-state index is -2.92. The molecule has 0 bridgehead atoms. The van der Waals surface area contributed by atoms with E-state index in [9.17, 15) is 8.42 Å². The summed E-state index contributed by atoms with van der Waals surface area (Å²) in [6, 6.07) is 10.8. The Morgan fingerprint density at radius 1 is 1.30 bits per heavy atom. The van der Waals surface area contributed by atoms with Gasteiger partial charge in [0.05, 0.1) is 17.1 Å². The molecule has 128 valence electrons. The second-order valence-electron chi connectivity index (χ2n) is 7.69. The quantitative estimate of drug-likeness (QED) is 0.916. The highest BCUT2D eigenvalue weighted by atomic mass is 32.2. The first-order chi connectivity index (χ1) is 10.8. The SMILES string of the molecule is CC(C)(CNC1CCOC2(CCS(=O)(=O)C2)C1)c1ccccc1. The lowest BCUT2D eigenvalue weighted by Gasteiger charge is -2.39. The summed E-state index contributed by atoms with van der Waals surface area (Å²) in [5, 5.41) is 3.66. The highest BCUT2D eigenvalue weighted by Gasteiger charge is 2.46. The molecule has 3 rings (SSSR count). The summed E-state index contributed by atoms with van der Waals surface area (Å²) in [5.74, 6) is 0.468. The fraction of sp³-hybridized carbons (Fsp3) is 0.667. The van der Waals surface area contributed by atoms with Crippen LogP contribution in [0.3, 0.4) is 0 Å². The Morgan fingerprint density at radius 3 is 2.70 bits per heavy atom. The van der Waals surface area contributed by atoms with Gasteiger partial charge >= 0.3 is 0 Å². The fourth-order valence-electron chi connectivity index (χ4n) is 3.75. The molecule has 1 aromatic carbocycles. The average molecular weight is 337 g/mol. The Bertz CT molecular complexity index is 641. The van der Waals surface area contributed by atoms with Crippen LogP contribution in [0.25, 0.3) is 0 Å². The second-order valence-corrected chi connectivity index (χ2v) is 9.88. The number of rotatable bonds is 4. The predicted octanol–water partition coefficient (Wildman–Crippen LogP) is 2.29. The topological polar surface area (TPSA) is 55.4 Å². The Kier molecular flexibility index (Phi) is 4.55. The first kappa shape index (κ1) is 16.9. The largest absolute Gasteiger partial charge is 0.374 e. The van der Waals surface area contributed by atoms with Gasteiger partial charge in [0.25, 0.3) is 0 Å². The van der Waals surface area contributed by atoms with Crippen molar-refractivity contribution in [3.8, 4) is 0 Å². The number of ether oxygens (including phenoxy) is 1. The molecule has 0 amide bonds. The Labute approximate surface area is 139 Å². The maximum atomic E-state index is 11.8. The third-order valence-electron chi connectivity index (χ3n) is 5.23. The number of hydrogen-bond acceptors (Lipinski definition) is 4. The van der Waals surface area contributed by atoms with Gasteiger partial charge in [0, 0.05) is 24.6 Å². The maximum Gasteiger partial charge on any atom is 0.153 e. The summed E-state index contributed by atoms with van der Waals surface area (Å²) < 4.78 is 29.5. The summed E-state index contributed by atoms with van der Waals surface area (Å²) >= 11 is 0. The molecule has 2 heterocycles. The van der Waals surface area contributed by atoms with Crippen LogP contribution >= 0.6 is 0 Å². The molecular weight excluding hydrogens is 310 g/mol. The van der Waals surface area contributed by atoms with Crippen LogP contribution in [-0.4, -0.2) is 44.7 Å². The number of benzene rings is 1. The first-order valence-electron chi connectivity index (χ1n) is 8.44. The van der Waals surface area contributed by atoms with Crippen LogP contribution in [0.15, 0.2) is 30.3 Å². The monoisotopic (exact) mass is 337 g/mol. The van der Waals surface area contributed by atoms with Gasteiger partial charge < -0.3 is 10.1 Å². The van der Waals surface area contributed by atoms with E-state index in [1.54, 1.807) is 0 Å². The molecular formula is C18H27NO3S. The van der Waals surface area contributed by atoms with Gasteiger partial charge in [-0.05, 0) is 24.8 Å². The molecule has 2 aliphatic rings. The van der Waals surface area contributed by atoms with Crippen molar-refractivity contribution in [2.24, 2.45) is 0 Å². The van der Waals surface area contributed by atoms with E-state index in [0.29, 0.717) is 19.1 Å². The molecule has 1 aromatic rings. The average Bonchev–Trinajstić information content (AvgIpc) is 2.81. The van der Waals surface area contributed by atoms with Crippen molar-refractivity contribution < 1.29 is 13.2 Å². The number of hydrogen-bond donors (Lipinski definition) is 1. The molecule has 23 heavy (non-hydrogen) atoms. The number of sulfone groups is 1. The van der Waals surface area contributed by atoms with Crippen LogP contribution in [0.5, 0.6) is 0 Å². The predicted molar refractivity (Wildman–Crippen MR) is 92.4 cm³/mol. The van der Waals surface area contributed by atoms with Crippen LogP contribution in [0, 0.1) is 0 Å². The van der Waals surface area contributed by atoms with E-state index >= 15 is 0 Å². The van der Waals surface area contributed by atoms with Gasteiger partial charge in [-0.2, -0.15) is 0 Å². The highest BCUT2D eigenvalue weighted by molar-refractivity contribution is 7.91. The van der Waals surface area contributed by atoms with Crippen LogP contribution in [-0.2, 0) is 20.0 Å². The van der Waals surface area contributed by atoms with E-state index < -0.39 is 15.4 Å². The van der Waals surface area contributed by atoms with Gasteiger partial charge in [-0.3, -0.25) is 0 Å². The van der Waals surface area contributed by atoms with Gasteiger partial charge in [-0.1, -0.05) is 44.2 Å². The maximum absolute atomic E-state index is 11.8.